The van der Waals surface area contributed by atoms with Crippen molar-refractivity contribution in [1.82, 2.24) is 9.88 Å². The second-order valence-electron chi connectivity index (χ2n) is 5.10. The molecule has 21 heavy (non-hydrogen) atoms. The van der Waals surface area contributed by atoms with Gasteiger partial charge in [0.15, 0.2) is 0 Å². The number of hydrogen-bond acceptors (Lipinski definition) is 6. The highest BCUT2D eigenvalue weighted by Crippen LogP contribution is 2.19. The molecule has 1 aliphatic heterocycles. The van der Waals surface area contributed by atoms with Crippen LogP contribution in [-0.2, 0) is 20.8 Å². The lowest BCUT2D eigenvalue weighted by Crippen LogP contribution is -2.36. The molecule has 0 radical (unpaired) electrons. The number of piperidine rings is 1. The lowest BCUT2D eigenvalue weighted by atomic mass is 9.97. The van der Waals surface area contributed by atoms with Crippen LogP contribution >= 0.6 is 0 Å². The highest BCUT2D eigenvalue weighted by atomic mass is 16.5. The number of hydrogen-bond donors (Lipinski definition) is 0. The van der Waals surface area contributed by atoms with Crippen molar-refractivity contribution in [3.8, 4) is 0 Å². The molecule has 1 aromatic rings. The first-order valence-corrected chi connectivity index (χ1v) is 6.97. The fourth-order valence-corrected chi connectivity index (χ4v) is 2.48. The maximum atomic E-state index is 11.5. The second-order valence-corrected chi connectivity index (χ2v) is 5.10. The molecular formula is C15H20N2O4. The fourth-order valence-electron chi connectivity index (χ4n) is 2.48. The van der Waals surface area contributed by atoms with Crippen molar-refractivity contribution >= 4 is 11.9 Å². The number of methoxy groups -OCH3 is 2. The summed E-state index contributed by atoms with van der Waals surface area (Å²) >= 11 is 0. The Kier molecular flexibility index (Phi) is 5.27. The number of rotatable bonds is 4. The van der Waals surface area contributed by atoms with E-state index in [2.05, 4.69) is 14.6 Å². The first kappa shape index (κ1) is 15.4. The normalized spacial score (nSPS) is 16.5. The summed E-state index contributed by atoms with van der Waals surface area (Å²) in [6, 6.07) is 3.55. The summed E-state index contributed by atoms with van der Waals surface area (Å²) in [6.07, 6.45) is 3.15. The largest absolute Gasteiger partial charge is 0.469 e. The Morgan fingerprint density at radius 1 is 1.24 bits per heavy atom. The van der Waals surface area contributed by atoms with E-state index in [1.54, 1.807) is 6.07 Å². The molecule has 2 heterocycles. The lowest BCUT2D eigenvalue weighted by Gasteiger charge is -2.30. The molecule has 6 heteroatoms. The summed E-state index contributed by atoms with van der Waals surface area (Å²) in [5, 5.41) is 0. The molecule has 0 saturated carbocycles. The minimum Gasteiger partial charge on any atom is -0.469 e. The number of aromatic nitrogens is 1. The van der Waals surface area contributed by atoms with Crippen LogP contribution in [0.3, 0.4) is 0 Å². The fraction of sp³-hybridized carbons (Fsp3) is 0.533. The summed E-state index contributed by atoms with van der Waals surface area (Å²) in [5.41, 5.74) is 1.35. The van der Waals surface area contributed by atoms with Gasteiger partial charge in [0, 0.05) is 12.7 Å². The standard InChI is InChI=1S/C15H20N2O4/c1-20-14(18)11-5-7-17(8-6-11)10-13-4-3-12(9-16-13)15(19)21-2/h3-4,9,11H,5-8,10H2,1-2H3. The number of carbonyl (C=O) groups excluding carboxylic acids is 2. The van der Waals surface area contributed by atoms with Crippen LogP contribution in [0.15, 0.2) is 18.3 Å². The monoisotopic (exact) mass is 292 g/mol. The zero-order valence-corrected chi connectivity index (χ0v) is 12.4. The number of nitrogens with zero attached hydrogens (tertiary/aromatic N) is 2. The predicted molar refractivity (Wildman–Crippen MR) is 75.6 cm³/mol. The van der Waals surface area contributed by atoms with Crippen molar-refractivity contribution < 1.29 is 19.1 Å². The van der Waals surface area contributed by atoms with Crippen LogP contribution in [0, 0.1) is 5.92 Å². The van der Waals surface area contributed by atoms with Crippen LogP contribution in [0.1, 0.15) is 28.9 Å². The Bertz CT molecular complexity index is 493. The van der Waals surface area contributed by atoms with Crippen molar-refractivity contribution in [2.24, 2.45) is 5.92 Å². The van der Waals surface area contributed by atoms with Gasteiger partial charge < -0.3 is 9.47 Å². The topological polar surface area (TPSA) is 68.7 Å². The maximum absolute atomic E-state index is 11.5. The highest BCUT2D eigenvalue weighted by molar-refractivity contribution is 5.88. The summed E-state index contributed by atoms with van der Waals surface area (Å²) in [5.74, 6) is -0.482. The molecule has 6 nitrogen and oxygen atoms in total. The second kappa shape index (κ2) is 7.17. The van der Waals surface area contributed by atoms with Crippen LogP contribution in [-0.4, -0.2) is 49.1 Å². The Balaban J connectivity index is 1.86. The zero-order chi connectivity index (χ0) is 15.2. The number of esters is 2. The lowest BCUT2D eigenvalue weighted by molar-refractivity contribution is -0.147. The van der Waals surface area contributed by atoms with Gasteiger partial charge in [-0.3, -0.25) is 14.7 Å². The van der Waals surface area contributed by atoms with Crippen molar-refractivity contribution in [1.29, 1.82) is 0 Å². The van der Waals surface area contributed by atoms with Crippen molar-refractivity contribution in [2.75, 3.05) is 27.3 Å². The van der Waals surface area contributed by atoms with Crippen LogP contribution < -0.4 is 0 Å². The third kappa shape index (κ3) is 4.01. The molecular weight excluding hydrogens is 272 g/mol. The summed E-state index contributed by atoms with van der Waals surface area (Å²) in [4.78, 5) is 29.3. The summed E-state index contributed by atoms with van der Waals surface area (Å²) in [7, 11) is 2.78. The van der Waals surface area contributed by atoms with Crippen LogP contribution in [0.2, 0.25) is 0 Å². The molecule has 0 aliphatic carbocycles. The molecule has 2 rings (SSSR count). The molecule has 0 unspecified atom stereocenters. The van der Waals surface area contributed by atoms with E-state index in [1.807, 2.05) is 6.07 Å². The number of ether oxygens (including phenoxy) is 2. The highest BCUT2D eigenvalue weighted by Gasteiger charge is 2.25. The molecule has 114 valence electrons. The van der Waals surface area contributed by atoms with Gasteiger partial charge in [0.25, 0.3) is 0 Å². The van der Waals surface area contributed by atoms with Gasteiger partial charge in [-0.25, -0.2) is 4.79 Å². The summed E-state index contributed by atoms with van der Waals surface area (Å²) in [6.45, 7) is 2.41. The molecule has 1 aromatic heterocycles. The van der Waals surface area contributed by atoms with Gasteiger partial charge in [0.05, 0.1) is 31.4 Å². The number of carbonyl (C=O) groups is 2. The van der Waals surface area contributed by atoms with Crippen molar-refractivity contribution in [3.05, 3.63) is 29.6 Å². The zero-order valence-electron chi connectivity index (χ0n) is 12.4. The molecule has 1 fully saturated rings. The Hall–Kier alpha value is -1.95. The van der Waals surface area contributed by atoms with Crippen LogP contribution in [0.25, 0.3) is 0 Å². The van der Waals surface area contributed by atoms with Gasteiger partial charge in [-0.05, 0) is 38.1 Å². The minimum atomic E-state index is -0.382. The average Bonchev–Trinajstić information content (AvgIpc) is 2.55. The third-order valence-corrected chi connectivity index (χ3v) is 3.75. The van der Waals surface area contributed by atoms with E-state index in [1.165, 1.54) is 20.4 Å². The van der Waals surface area contributed by atoms with E-state index in [0.717, 1.165) is 38.2 Å². The first-order chi connectivity index (χ1) is 10.1. The average molecular weight is 292 g/mol. The molecule has 1 aliphatic rings. The SMILES string of the molecule is COC(=O)c1ccc(CN2CCC(C(=O)OC)CC2)nc1. The van der Waals surface area contributed by atoms with E-state index in [-0.39, 0.29) is 17.9 Å². The number of likely N-dealkylation sites (tertiary alicyclic amines) is 1. The van der Waals surface area contributed by atoms with Crippen molar-refractivity contribution in [3.63, 3.8) is 0 Å². The van der Waals surface area contributed by atoms with E-state index in [4.69, 9.17) is 4.74 Å². The third-order valence-electron chi connectivity index (χ3n) is 3.75. The number of pyridine rings is 1. The minimum absolute atomic E-state index is 0.0147. The first-order valence-electron chi connectivity index (χ1n) is 6.97. The van der Waals surface area contributed by atoms with Gasteiger partial charge in [-0.15, -0.1) is 0 Å². The summed E-state index contributed by atoms with van der Waals surface area (Å²) < 4.78 is 9.41. The maximum Gasteiger partial charge on any atom is 0.339 e. The van der Waals surface area contributed by atoms with E-state index in [9.17, 15) is 9.59 Å². The smallest absolute Gasteiger partial charge is 0.339 e. The van der Waals surface area contributed by atoms with Gasteiger partial charge in [-0.2, -0.15) is 0 Å². The molecule has 0 aromatic carbocycles. The Labute approximate surface area is 124 Å². The molecule has 0 amide bonds. The van der Waals surface area contributed by atoms with Crippen molar-refractivity contribution in [2.45, 2.75) is 19.4 Å². The Morgan fingerprint density at radius 3 is 2.48 bits per heavy atom. The molecule has 0 bridgehead atoms. The quantitative estimate of drug-likeness (QED) is 0.778. The van der Waals surface area contributed by atoms with Crippen LogP contribution in [0.4, 0.5) is 0 Å². The molecule has 0 N–H and O–H groups in total. The van der Waals surface area contributed by atoms with Gasteiger partial charge in [0.1, 0.15) is 0 Å². The predicted octanol–water partition coefficient (Wildman–Crippen LogP) is 1.25. The van der Waals surface area contributed by atoms with Gasteiger partial charge >= 0.3 is 11.9 Å². The van der Waals surface area contributed by atoms with E-state index in [0.29, 0.717) is 5.56 Å². The molecule has 1 saturated heterocycles. The Morgan fingerprint density at radius 2 is 1.95 bits per heavy atom. The van der Waals surface area contributed by atoms with E-state index < -0.39 is 0 Å². The molecule has 0 spiro atoms. The molecule has 0 atom stereocenters. The van der Waals surface area contributed by atoms with Gasteiger partial charge in [-0.1, -0.05) is 0 Å². The van der Waals surface area contributed by atoms with Gasteiger partial charge in [0.2, 0.25) is 0 Å². The van der Waals surface area contributed by atoms with Crippen LogP contribution in [0.5, 0.6) is 0 Å². The van der Waals surface area contributed by atoms with E-state index >= 15 is 0 Å².